The van der Waals surface area contributed by atoms with Crippen molar-refractivity contribution in [3.05, 3.63) is 0 Å². The maximum atomic E-state index is 11.2. The molecule has 0 aromatic rings. The van der Waals surface area contributed by atoms with Crippen molar-refractivity contribution in [3.8, 4) is 0 Å². The molecule has 0 saturated carbocycles. The molecule has 1 rings (SSSR count). The molecule has 1 aliphatic heterocycles. The Kier molecular flexibility index (Phi) is 3.61. The van der Waals surface area contributed by atoms with E-state index in [9.17, 15) is 4.79 Å². The molecule has 1 saturated heterocycles. The number of carbonyl (C=O) groups excluding carboxylic acids is 1. The molecule has 1 fully saturated rings. The molecule has 1 heterocycles. The highest BCUT2D eigenvalue weighted by Crippen LogP contribution is 2.38. The molecule has 88 valence electrons. The van der Waals surface area contributed by atoms with Crippen molar-refractivity contribution < 1.29 is 9.22 Å². The van der Waals surface area contributed by atoms with Crippen molar-refractivity contribution in [2.45, 2.75) is 57.8 Å². The van der Waals surface area contributed by atoms with E-state index in [0.29, 0.717) is 6.42 Å². The molecule has 1 aliphatic rings. The van der Waals surface area contributed by atoms with Gasteiger partial charge in [0, 0.05) is 6.54 Å². The molecule has 15 heavy (non-hydrogen) atoms. The summed E-state index contributed by atoms with van der Waals surface area (Å²) in [6.07, 6.45) is 1.63. The zero-order valence-electron chi connectivity index (χ0n) is 10.5. The summed E-state index contributed by atoms with van der Waals surface area (Å²) < 4.78 is 6.19. The average molecular weight is 229 g/mol. The Morgan fingerprint density at radius 3 is 2.47 bits per heavy atom. The molecule has 4 heteroatoms. The normalized spacial score (nSPS) is 23.8. The summed E-state index contributed by atoms with van der Waals surface area (Å²) in [4.78, 5) is 11.2. The smallest absolute Gasteiger partial charge is 0.222 e. The minimum atomic E-state index is -1.70. The third kappa shape index (κ3) is 3.31. The number of amides is 1. The first-order valence-electron chi connectivity index (χ1n) is 5.67. The van der Waals surface area contributed by atoms with Crippen LogP contribution in [0.5, 0.6) is 0 Å². The van der Waals surface area contributed by atoms with E-state index in [1.165, 1.54) is 0 Å². The maximum Gasteiger partial charge on any atom is 0.222 e. The summed E-state index contributed by atoms with van der Waals surface area (Å²) in [5.74, 6) is 0.130. The van der Waals surface area contributed by atoms with Gasteiger partial charge in [0.1, 0.15) is 0 Å². The molecule has 3 nitrogen and oxygen atoms in total. The topological polar surface area (TPSA) is 38.3 Å². The van der Waals surface area contributed by atoms with Crippen molar-refractivity contribution in [1.82, 2.24) is 5.32 Å². The van der Waals surface area contributed by atoms with Gasteiger partial charge in [-0.25, -0.2) is 0 Å². The fourth-order valence-electron chi connectivity index (χ4n) is 1.45. The molecule has 1 N–H and O–H groups in total. The van der Waals surface area contributed by atoms with Crippen LogP contribution in [0.1, 0.15) is 33.6 Å². The Hall–Kier alpha value is -0.353. The SMILES string of the molecule is CC(C)(C)[Si](C)(C)O[C@@H]1CCNC(=O)C1. The van der Waals surface area contributed by atoms with E-state index >= 15 is 0 Å². The highest BCUT2D eigenvalue weighted by atomic mass is 28.4. The van der Waals surface area contributed by atoms with E-state index in [4.69, 9.17) is 4.43 Å². The van der Waals surface area contributed by atoms with Gasteiger partial charge < -0.3 is 9.74 Å². The fourth-order valence-corrected chi connectivity index (χ4v) is 2.84. The molecule has 0 aromatic carbocycles. The molecule has 0 bridgehead atoms. The maximum absolute atomic E-state index is 11.2. The van der Waals surface area contributed by atoms with Crippen LogP contribution in [-0.2, 0) is 9.22 Å². The van der Waals surface area contributed by atoms with Gasteiger partial charge in [0.15, 0.2) is 8.32 Å². The second-order valence-corrected chi connectivity index (χ2v) is 10.6. The fraction of sp³-hybridized carbons (Fsp3) is 0.909. The van der Waals surface area contributed by atoms with Crippen LogP contribution in [-0.4, -0.2) is 26.9 Å². The monoisotopic (exact) mass is 229 g/mol. The van der Waals surface area contributed by atoms with Crippen molar-refractivity contribution in [2.24, 2.45) is 0 Å². The summed E-state index contributed by atoms with van der Waals surface area (Å²) >= 11 is 0. The molecule has 0 spiro atoms. The Morgan fingerprint density at radius 1 is 1.40 bits per heavy atom. The van der Waals surface area contributed by atoms with E-state index in [1.807, 2.05) is 0 Å². The number of hydrogen-bond donors (Lipinski definition) is 1. The zero-order valence-corrected chi connectivity index (χ0v) is 11.5. The van der Waals surface area contributed by atoms with Gasteiger partial charge in [0.05, 0.1) is 12.5 Å². The molecular weight excluding hydrogens is 206 g/mol. The van der Waals surface area contributed by atoms with Gasteiger partial charge in [-0.15, -0.1) is 0 Å². The van der Waals surface area contributed by atoms with Gasteiger partial charge in [0.25, 0.3) is 0 Å². The van der Waals surface area contributed by atoms with Gasteiger partial charge >= 0.3 is 0 Å². The van der Waals surface area contributed by atoms with Crippen molar-refractivity contribution >= 4 is 14.2 Å². The van der Waals surface area contributed by atoms with Gasteiger partial charge in [-0.2, -0.15) is 0 Å². The van der Waals surface area contributed by atoms with Crippen LogP contribution in [0.3, 0.4) is 0 Å². The first-order valence-corrected chi connectivity index (χ1v) is 8.58. The highest BCUT2D eigenvalue weighted by Gasteiger charge is 2.39. The lowest BCUT2D eigenvalue weighted by Gasteiger charge is -2.40. The van der Waals surface area contributed by atoms with Crippen LogP contribution in [0.2, 0.25) is 18.1 Å². The van der Waals surface area contributed by atoms with E-state index in [0.717, 1.165) is 13.0 Å². The van der Waals surface area contributed by atoms with Crippen LogP contribution in [0.4, 0.5) is 0 Å². The van der Waals surface area contributed by atoms with Gasteiger partial charge in [0.2, 0.25) is 5.91 Å². The Labute approximate surface area is 93.7 Å². The summed E-state index contributed by atoms with van der Waals surface area (Å²) in [6, 6.07) is 0. The zero-order chi connectivity index (χ0) is 11.7. The number of rotatable bonds is 2. The minimum Gasteiger partial charge on any atom is -0.413 e. The second kappa shape index (κ2) is 4.26. The molecule has 0 aromatic heterocycles. The quantitative estimate of drug-likeness (QED) is 0.738. The van der Waals surface area contributed by atoms with Gasteiger partial charge in [-0.1, -0.05) is 20.8 Å². The van der Waals surface area contributed by atoms with Gasteiger partial charge in [-0.05, 0) is 24.6 Å². The van der Waals surface area contributed by atoms with Crippen LogP contribution in [0, 0.1) is 0 Å². The summed E-state index contributed by atoms with van der Waals surface area (Å²) in [6.45, 7) is 11.9. The summed E-state index contributed by atoms with van der Waals surface area (Å²) in [5.41, 5.74) is 0. The molecule has 0 aliphatic carbocycles. The molecule has 0 radical (unpaired) electrons. The predicted molar refractivity (Wildman–Crippen MR) is 64.3 cm³/mol. The van der Waals surface area contributed by atoms with E-state index in [-0.39, 0.29) is 17.0 Å². The number of hydrogen-bond acceptors (Lipinski definition) is 2. The van der Waals surface area contributed by atoms with Crippen molar-refractivity contribution in [1.29, 1.82) is 0 Å². The molecular formula is C11H23NO2Si. The lowest BCUT2D eigenvalue weighted by molar-refractivity contribution is -0.124. The van der Waals surface area contributed by atoms with Crippen LogP contribution < -0.4 is 5.32 Å². The number of carbonyl (C=O) groups is 1. The Balaban J connectivity index is 2.57. The Morgan fingerprint density at radius 2 is 2.00 bits per heavy atom. The van der Waals surface area contributed by atoms with Crippen molar-refractivity contribution in [2.75, 3.05) is 6.54 Å². The van der Waals surface area contributed by atoms with Crippen LogP contribution >= 0.6 is 0 Å². The summed E-state index contributed by atoms with van der Waals surface area (Å²) in [5, 5.41) is 3.06. The third-order valence-electron chi connectivity index (χ3n) is 3.47. The number of piperidine rings is 1. The molecule has 1 amide bonds. The summed E-state index contributed by atoms with van der Waals surface area (Å²) in [7, 11) is -1.70. The van der Waals surface area contributed by atoms with Crippen LogP contribution in [0.15, 0.2) is 0 Å². The van der Waals surface area contributed by atoms with E-state index in [1.54, 1.807) is 0 Å². The second-order valence-electron chi connectivity index (χ2n) is 5.84. The number of nitrogens with one attached hydrogen (secondary N) is 1. The first-order chi connectivity index (χ1) is 6.72. The largest absolute Gasteiger partial charge is 0.413 e. The lowest BCUT2D eigenvalue weighted by atomic mass is 10.1. The molecule has 0 unspecified atom stereocenters. The minimum absolute atomic E-state index is 0.130. The van der Waals surface area contributed by atoms with Crippen LogP contribution in [0.25, 0.3) is 0 Å². The van der Waals surface area contributed by atoms with E-state index in [2.05, 4.69) is 39.2 Å². The average Bonchev–Trinajstić information content (AvgIpc) is 2.00. The van der Waals surface area contributed by atoms with Crippen molar-refractivity contribution in [3.63, 3.8) is 0 Å². The Bertz CT molecular complexity index is 245. The molecule has 1 atom stereocenters. The predicted octanol–water partition coefficient (Wildman–Crippen LogP) is 2.29. The van der Waals surface area contributed by atoms with Gasteiger partial charge in [-0.3, -0.25) is 4.79 Å². The standard InChI is InChI=1S/C11H23NO2Si/c1-11(2,3)15(4,5)14-9-6-7-12-10(13)8-9/h9H,6-8H2,1-5H3,(H,12,13)/t9-/m1/s1. The highest BCUT2D eigenvalue weighted by molar-refractivity contribution is 6.74. The first kappa shape index (κ1) is 12.7. The van der Waals surface area contributed by atoms with E-state index < -0.39 is 8.32 Å². The lowest BCUT2D eigenvalue weighted by Crippen LogP contribution is -2.47. The third-order valence-corrected chi connectivity index (χ3v) is 8.00.